The van der Waals surface area contributed by atoms with Gasteiger partial charge >= 0.3 is 0 Å². The standard InChI is InChI=1S/C43H55ClN10O4/c1-7-29-27-49-54-34(22-35(50-37(29)54)53-17-9-8-12-32(53)16-19-55)45-23-28-14-15-36(46-24-28)57-20-18-52(6)41-47-25-30(26-48-41)38(56)51-39-42(2,3)40(43(39,4)5)58-33-13-10-11-31(44)21-33/h10-11,13-15,21-22,24-27,32,39-40,45,55H,7-9,12,16-20,23H2,1-6H3,(H,51,56)/t32-,39?,40?/m0/s1. The van der Waals surface area contributed by atoms with E-state index >= 15 is 0 Å². The monoisotopic (exact) mass is 810 g/mol. The lowest BCUT2D eigenvalue weighted by Gasteiger charge is -2.63. The van der Waals surface area contributed by atoms with Crippen LogP contribution in [-0.2, 0) is 13.0 Å². The van der Waals surface area contributed by atoms with Gasteiger partial charge in [0, 0.05) is 91.0 Å². The zero-order valence-electron chi connectivity index (χ0n) is 34.3. The Morgan fingerprint density at radius 1 is 1.03 bits per heavy atom. The van der Waals surface area contributed by atoms with Crippen molar-refractivity contribution in [2.24, 2.45) is 10.8 Å². The second kappa shape index (κ2) is 17.3. The van der Waals surface area contributed by atoms with E-state index in [2.05, 4.69) is 76.3 Å². The number of benzene rings is 1. The van der Waals surface area contributed by atoms with Crippen molar-refractivity contribution in [2.45, 2.75) is 91.5 Å². The number of piperidine rings is 1. The highest BCUT2D eigenvalue weighted by atomic mass is 35.5. The zero-order chi connectivity index (χ0) is 41.0. The quantitative estimate of drug-likeness (QED) is 0.0983. The predicted molar refractivity (Wildman–Crippen MR) is 226 cm³/mol. The third-order valence-electron chi connectivity index (χ3n) is 11.7. The maximum Gasteiger partial charge on any atom is 0.254 e. The molecule has 7 rings (SSSR count). The van der Waals surface area contributed by atoms with Gasteiger partial charge in [0.25, 0.3) is 5.91 Å². The Labute approximate surface area is 345 Å². The second-order valence-corrected chi connectivity index (χ2v) is 17.0. The molecular weight excluding hydrogens is 756 g/mol. The van der Waals surface area contributed by atoms with E-state index in [4.69, 9.17) is 26.1 Å². The van der Waals surface area contributed by atoms with E-state index in [9.17, 15) is 9.90 Å². The highest BCUT2D eigenvalue weighted by molar-refractivity contribution is 6.30. The fraction of sp³-hybridized carbons (Fsp3) is 0.488. The molecule has 1 saturated carbocycles. The summed E-state index contributed by atoms with van der Waals surface area (Å²) in [4.78, 5) is 36.1. The smallest absolute Gasteiger partial charge is 0.254 e. The van der Waals surface area contributed by atoms with Crippen LogP contribution in [-0.4, -0.2) is 92.1 Å². The number of fused-ring (bicyclic) bond motifs is 1. The third kappa shape index (κ3) is 8.63. The Balaban J connectivity index is 0.897. The van der Waals surface area contributed by atoms with Gasteiger partial charge in [-0.25, -0.2) is 19.9 Å². The topological polar surface area (TPSA) is 155 Å². The highest BCUT2D eigenvalue weighted by Gasteiger charge is 2.64. The minimum Gasteiger partial charge on any atom is -0.489 e. The average molecular weight is 811 g/mol. The summed E-state index contributed by atoms with van der Waals surface area (Å²) in [5, 5.41) is 21.7. The van der Waals surface area contributed by atoms with Gasteiger partial charge in [-0.3, -0.25) is 4.79 Å². The van der Waals surface area contributed by atoms with Gasteiger partial charge in [0.05, 0.1) is 18.3 Å². The van der Waals surface area contributed by atoms with Crippen LogP contribution in [0.3, 0.4) is 0 Å². The van der Waals surface area contributed by atoms with Crippen LogP contribution >= 0.6 is 11.6 Å². The van der Waals surface area contributed by atoms with Crippen LogP contribution in [0.1, 0.15) is 81.8 Å². The van der Waals surface area contributed by atoms with Crippen molar-refractivity contribution in [3.63, 3.8) is 0 Å². The van der Waals surface area contributed by atoms with Crippen molar-refractivity contribution in [3.8, 4) is 11.6 Å². The van der Waals surface area contributed by atoms with Gasteiger partial charge in [0.1, 0.15) is 30.1 Å². The maximum atomic E-state index is 13.3. The molecular formula is C43H55ClN10O4. The van der Waals surface area contributed by atoms with Gasteiger partial charge in [0.15, 0.2) is 5.65 Å². The lowest BCUT2D eigenvalue weighted by molar-refractivity contribution is -0.164. The van der Waals surface area contributed by atoms with Crippen LogP contribution < -0.4 is 29.9 Å². The molecule has 5 aromatic rings. The lowest BCUT2D eigenvalue weighted by atomic mass is 9.49. The number of nitrogens with zero attached hydrogens (tertiary/aromatic N) is 8. The molecule has 1 aliphatic heterocycles. The molecule has 1 saturated heterocycles. The van der Waals surface area contributed by atoms with Crippen LogP contribution in [0.15, 0.2) is 67.3 Å². The molecule has 308 valence electrons. The largest absolute Gasteiger partial charge is 0.489 e. The van der Waals surface area contributed by atoms with Crippen molar-refractivity contribution in [1.29, 1.82) is 0 Å². The number of hydrogen-bond acceptors (Lipinski definition) is 12. The fourth-order valence-electron chi connectivity index (χ4n) is 8.78. The molecule has 2 fully saturated rings. The first-order valence-electron chi connectivity index (χ1n) is 20.2. The van der Waals surface area contributed by atoms with Gasteiger partial charge in [0.2, 0.25) is 11.8 Å². The molecule has 0 radical (unpaired) electrons. The normalized spacial score (nSPS) is 19.7. The first-order valence-corrected chi connectivity index (χ1v) is 20.6. The Hall–Kier alpha value is -5.21. The lowest BCUT2D eigenvalue weighted by Crippen LogP contribution is -2.74. The molecule has 5 heterocycles. The van der Waals surface area contributed by atoms with Crippen LogP contribution in [0, 0.1) is 10.8 Å². The zero-order valence-corrected chi connectivity index (χ0v) is 35.0. The van der Waals surface area contributed by atoms with Crippen molar-refractivity contribution in [3.05, 3.63) is 89.0 Å². The molecule has 1 aromatic carbocycles. The number of amides is 1. The molecule has 14 nitrogen and oxygen atoms in total. The van der Waals surface area contributed by atoms with Crippen molar-refractivity contribution < 1.29 is 19.4 Å². The average Bonchev–Trinajstić information content (AvgIpc) is 3.65. The SMILES string of the molecule is CCc1cnn2c(NCc3ccc(OCCN(C)c4ncc(C(=O)NC5C(C)(C)C(Oc6cccc(Cl)c6)C5(C)C)cn4)nc3)cc(N3CCCC[C@H]3CCO)nc12. The van der Waals surface area contributed by atoms with E-state index < -0.39 is 0 Å². The van der Waals surface area contributed by atoms with Gasteiger partial charge in [-0.15, -0.1) is 0 Å². The Morgan fingerprint density at radius 3 is 2.53 bits per heavy atom. The number of anilines is 3. The number of carbonyl (C=O) groups excluding carboxylic acids is 1. The summed E-state index contributed by atoms with van der Waals surface area (Å²) in [6.07, 6.45) is 11.6. The van der Waals surface area contributed by atoms with Crippen LogP contribution in [0.4, 0.5) is 17.6 Å². The van der Waals surface area contributed by atoms with Gasteiger partial charge < -0.3 is 35.0 Å². The molecule has 3 N–H and O–H groups in total. The van der Waals surface area contributed by atoms with E-state index in [0.29, 0.717) is 47.9 Å². The number of aromatic nitrogens is 6. The number of carbonyl (C=O) groups is 1. The summed E-state index contributed by atoms with van der Waals surface area (Å²) in [6.45, 7) is 13.0. The summed E-state index contributed by atoms with van der Waals surface area (Å²) in [5.74, 6) is 3.24. The Morgan fingerprint density at radius 2 is 1.83 bits per heavy atom. The number of aliphatic hydroxyl groups excluding tert-OH is 1. The van der Waals surface area contributed by atoms with E-state index in [1.165, 1.54) is 6.42 Å². The molecule has 1 amide bonds. The van der Waals surface area contributed by atoms with E-state index in [1.54, 1.807) is 24.7 Å². The molecule has 1 atom stereocenters. The number of likely N-dealkylation sites (N-methyl/N-ethyl adjacent to an activating group) is 1. The number of aliphatic hydroxyl groups is 1. The molecule has 4 aromatic heterocycles. The molecule has 58 heavy (non-hydrogen) atoms. The van der Waals surface area contributed by atoms with Crippen LogP contribution in [0.25, 0.3) is 5.65 Å². The number of aryl methyl sites for hydroxylation is 1. The number of pyridine rings is 1. The number of hydrogen-bond donors (Lipinski definition) is 3. The van der Waals surface area contributed by atoms with Gasteiger partial charge in [-0.05, 0) is 55.9 Å². The summed E-state index contributed by atoms with van der Waals surface area (Å²) in [6, 6.07) is 13.4. The molecule has 0 bridgehead atoms. The maximum absolute atomic E-state index is 13.3. The number of rotatable bonds is 16. The van der Waals surface area contributed by atoms with Gasteiger partial charge in [-0.2, -0.15) is 9.61 Å². The van der Waals surface area contributed by atoms with E-state index in [1.807, 2.05) is 53.0 Å². The summed E-state index contributed by atoms with van der Waals surface area (Å²) in [5.41, 5.74) is 2.66. The minimum absolute atomic E-state index is 0.129. The fourth-order valence-corrected chi connectivity index (χ4v) is 8.96. The Kier molecular flexibility index (Phi) is 12.2. The molecule has 1 aliphatic carbocycles. The Bertz CT molecular complexity index is 2160. The van der Waals surface area contributed by atoms with E-state index in [0.717, 1.165) is 60.6 Å². The molecule has 0 spiro atoms. The number of halogens is 1. The first kappa shape index (κ1) is 41.0. The summed E-state index contributed by atoms with van der Waals surface area (Å²) in [7, 11) is 1.88. The summed E-state index contributed by atoms with van der Waals surface area (Å²) < 4.78 is 14.2. The van der Waals surface area contributed by atoms with Crippen LogP contribution in [0.2, 0.25) is 5.02 Å². The first-order chi connectivity index (χ1) is 27.9. The number of nitrogens with one attached hydrogen (secondary N) is 2. The molecule has 0 unspecified atom stereocenters. The predicted octanol–water partition coefficient (Wildman–Crippen LogP) is 6.61. The van der Waals surface area contributed by atoms with Crippen molar-refractivity contribution >= 4 is 40.7 Å². The third-order valence-corrected chi connectivity index (χ3v) is 11.9. The number of ether oxygens (including phenoxy) is 2. The van der Waals surface area contributed by atoms with Crippen molar-refractivity contribution in [1.82, 2.24) is 34.9 Å². The minimum atomic E-state index is -0.329. The van der Waals surface area contributed by atoms with Crippen LogP contribution in [0.5, 0.6) is 11.6 Å². The molecule has 15 heteroatoms. The highest BCUT2D eigenvalue weighted by Crippen LogP contribution is 2.55. The van der Waals surface area contributed by atoms with Gasteiger partial charge in [-0.1, -0.05) is 58.4 Å². The second-order valence-electron chi connectivity index (χ2n) is 16.5. The summed E-state index contributed by atoms with van der Waals surface area (Å²) >= 11 is 6.18. The van der Waals surface area contributed by atoms with E-state index in [-0.39, 0.29) is 41.5 Å². The van der Waals surface area contributed by atoms with Crippen molar-refractivity contribution in [2.75, 3.05) is 48.5 Å². The molecule has 2 aliphatic rings.